The first kappa shape index (κ1) is 14.2. The summed E-state index contributed by atoms with van der Waals surface area (Å²) in [5, 5.41) is -0.103. The Bertz CT molecular complexity index is 585. The van der Waals surface area contributed by atoms with Gasteiger partial charge in [0.05, 0.1) is 0 Å². The molecular weight excluding hydrogens is 264 g/mol. The van der Waals surface area contributed by atoms with Gasteiger partial charge in [-0.3, -0.25) is 4.79 Å². The SMILES string of the molecule is Cn1ccc(=O)c(S(=O)(=O)NC(C)(C)C)c1Cl. The Balaban J connectivity index is 3.45. The van der Waals surface area contributed by atoms with Gasteiger partial charge in [-0.05, 0) is 20.8 Å². The van der Waals surface area contributed by atoms with Crippen molar-refractivity contribution in [2.45, 2.75) is 31.2 Å². The molecular formula is C10H15ClN2O3S. The maximum atomic E-state index is 12.0. The van der Waals surface area contributed by atoms with E-state index < -0.39 is 25.9 Å². The Kier molecular flexibility index (Phi) is 3.71. The van der Waals surface area contributed by atoms with Crippen LogP contribution in [0.15, 0.2) is 22.0 Å². The Hall–Kier alpha value is -0.850. The minimum Gasteiger partial charge on any atom is -0.340 e. The maximum absolute atomic E-state index is 12.0. The fraction of sp³-hybridized carbons (Fsp3) is 0.500. The topological polar surface area (TPSA) is 68.2 Å². The molecule has 1 N–H and O–H groups in total. The van der Waals surface area contributed by atoms with Gasteiger partial charge in [0.1, 0.15) is 5.15 Å². The largest absolute Gasteiger partial charge is 0.340 e. The summed E-state index contributed by atoms with van der Waals surface area (Å²) >= 11 is 5.86. The van der Waals surface area contributed by atoms with Crippen LogP contribution in [0.3, 0.4) is 0 Å². The van der Waals surface area contributed by atoms with Gasteiger partial charge < -0.3 is 4.57 Å². The lowest BCUT2D eigenvalue weighted by atomic mass is 10.1. The van der Waals surface area contributed by atoms with Gasteiger partial charge in [-0.25, -0.2) is 13.1 Å². The molecule has 5 nitrogen and oxygen atoms in total. The minimum atomic E-state index is -3.92. The van der Waals surface area contributed by atoms with Crippen molar-refractivity contribution in [2.75, 3.05) is 0 Å². The van der Waals surface area contributed by atoms with Crippen LogP contribution >= 0.6 is 11.6 Å². The van der Waals surface area contributed by atoms with E-state index in [1.54, 1.807) is 27.8 Å². The molecule has 1 aromatic rings. The first-order chi connectivity index (χ1) is 7.54. The summed E-state index contributed by atoms with van der Waals surface area (Å²) in [5.74, 6) is 0. The van der Waals surface area contributed by atoms with E-state index in [9.17, 15) is 13.2 Å². The highest BCUT2D eigenvalue weighted by Crippen LogP contribution is 2.17. The van der Waals surface area contributed by atoms with Crippen LogP contribution in [-0.4, -0.2) is 18.5 Å². The Morgan fingerprint density at radius 3 is 2.35 bits per heavy atom. The highest BCUT2D eigenvalue weighted by molar-refractivity contribution is 7.89. The zero-order chi connectivity index (χ0) is 13.4. The van der Waals surface area contributed by atoms with Crippen molar-refractivity contribution < 1.29 is 8.42 Å². The fourth-order valence-electron chi connectivity index (χ4n) is 1.28. The van der Waals surface area contributed by atoms with E-state index in [0.29, 0.717) is 0 Å². The summed E-state index contributed by atoms with van der Waals surface area (Å²) in [5.41, 5.74) is -1.30. The zero-order valence-corrected chi connectivity index (χ0v) is 11.7. The molecule has 0 saturated carbocycles. The summed E-state index contributed by atoms with van der Waals surface area (Å²) < 4.78 is 27.8. The van der Waals surface area contributed by atoms with Gasteiger partial charge in [0, 0.05) is 24.8 Å². The van der Waals surface area contributed by atoms with E-state index >= 15 is 0 Å². The van der Waals surface area contributed by atoms with Crippen molar-refractivity contribution in [1.82, 2.24) is 9.29 Å². The molecule has 0 radical (unpaired) electrons. The number of sulfonamides is 1. The van der Waals surface area contributed by atoms with Crippen LogP contribution in [-0.2, 0) is 17.1 Å². The van der Waals surface area contributed by atoms with E-state index in [1.807, 2.05) is 0 Å². The van der Waals surface area contributed by atoms with Crippen LogP contribution in [0.25, 0.3) is 0 Å². The smallest absolute Gasteiger partial charge is 0.247 e. The van der Waals surface area contributed by atoms with Crippen LogP contribution in [0, 0.1) is 0 Å². The number of aryl methyl sites for hydroxylation is 1. The third-order valence-electron chi connectivity index (χ3n) is 1.88. The first-order valence-electron chi connectivity index (χ1n) is 4.94. The molecule has 1 heterocycles. The normalized spacial score (nSPS) is 12.8. The lowest BCUT2D eigenvalue weighted by Crippen LogP contribution is -2.42. The zero-order valence-electron chi connectivity index (χ0n) is 10.1. The maximum Gasteiger partial charge on any atom is 0.247 e. The van der Waals surface area contributed by atoms with Crippen LogP contribution in [0.5, 0.6) is 0 Å². The second kappa shape index (κ2) is 4.44. The van der Waals surface area contributed by atoms with Crippen LogP contribution in [0.1, 0.15) is 20.8 Å². The van der Waals surface area contributed by atoms with Crippen LogP contribution in [0.4, 0.5) is 0 Å². The molecule has 0 bridgehead atoms. The van der Waals surface area contributed by atoms with E-state index in [4.69, 9.17) is 11.6 Å². The summed E-state index contributed by atoms with van der Waals surface area (Å²) in [6, 6.07) is 1.17. The van der Waals surface area contributed by atoms with Crippen molar-refractivity contribution in [1.29, 1.82) is 0 Å². The first-order valence-corrected chi connectivity index (χ1v) is 6.80. The standard InChI is InChI=1S/C10H15ClN2O3S/c1-10(2,3)12-17(15,16)8-7(14)5-6-13(4)9(8)11/h5-6,12H,1-4H3. The van der Waals surface area contributed by atoms with Crippen molar-refractivity contribution in [3.8, 4) is 0 Å². The van der Waals surface area contributed by atoms with Gasteiger partial charge >= 0.3 is 0 Å². The Morgan fingerprint density at radius 2 is 1.88 bits per heavy atom. The highest BCUT2D eigenvalue weighted by atomic mass is 35.5. The van der Waals surface area contributed by atoms with Gasteiger partial charge in [0.25, 0.3) is 0 Å². The molecule has 7 heteroatoms. The molecule has 0 aliphatic carbocycles. The quantitative estimate of drug-likeness (QED) is 0.824. The van der Waals surface area contributed by atoms with E-state index in [-0.39, 0.29) is 5.15 Å². The Labute approximate surface area is 105 Å². The second-order valence-electron chi connectivity index (χ2n) is 4.77. The van der Waals surface area contributed by atoms with Gasteiger partial charge in [-0.2, -0.15) is 0 Å². The third-order valence-corrected chi connectivity index (χ3v) is 4.26. The molecule has 0 unspecified atom stereocenters. The van der Waals surface area contributed by atoms with Crippen molar-refractivity contribution in [3.63, 3.8) is 0 Å². The monoisotopic (exact) mass is 278 g/mol. The molecule has 0 amide bonds. The molecule has 1 rings (SSSR count). The van der Waals surface area contributed by atoms with Crippen LogP contribution in [0.2, 0.25) is 5.15 Å². The average molecular weight is 279 g/mol. The predicted molar refractivity (Wildman–Crippen MR) is 66.8 cm³/mol. The summed E-state index contributed by atoms with van der Waals surface area (Å²) in [6.45, 7) is 5.06. The van der Waals surface area contributed by atoms with Gasteiger partial charge in [-0.1, -0.05) is 11.6 Å². The molecule has 17 heavy (non-hydrogen) atoms. The number of rotatable bonds is 2. The minimum absolute atomic E-state index is 0.103. The Morgan fingerprint density at radius 1 is 1.35 bits per heavy atom. The fourth-order valence-corrected chi connectivity index (χ4v) is 3.34. The summed E-state index contributed by atoms with van der Waals surface area (Å²) in [7, 11) is -2.35. The van der Waals surface area contributed by atoms with Gasteiger partial charge in [0.15, 0.2) is 4.90 Å². The predicted octanol–water partition coefficient (Wildman–Crippen LogP) is 1.12. The van der Waals surface area contributed by atoms with Crippen molar-refractivity contribution in [2.24, 2.45) is 7.05 Å². The molecule has 0 aromatic carbocycles. The van der Waals surface area contributed by atoms with Gasteiger partial charge in [-0.15, -0.1) is 0 Å². The van der Waals surface area contributed by atoms with Crippen molar-refractivity contribution in [3.05, 3.63) is 27.6 Å². The second-order valence-corrected chi connectivity index (χ2v) is 6.74. The molecule has 0 aliphatic heterocycles. The van der Waals surface area contributed by atoms with Crippen LogP contribution < -0.4 is 10.2 Å². The molecule has 0 spiro atoms. The molecule has 0 aliphatic rings. The molecule has 0 atom stereocenters. The number of nitrogens with one attached hydrogen (secondary N) is 1. The van der Waals surface area contributed by atoms with E-state index in [0.717, 1.165) is 0 Å². The van der Waals surface area contributed by atoms with E-state index in [2.05, 4.69) is 4.72 Å². The molecule has 1 aromatic heterocycles. The number of halogens is 1. The number of nitrogens with zero attached hydrogens (tertiary/aromatic N) is 1. The summed E-state index contributed by atoms with van der Waals surface area (Å²) in [6.07, 6.45) is 1.42. The lowest BCUT2D eigenvalue weighted by molar-refractivity contribution is 0.490. The molecule has 96 valence electrons. The van der Waals surface area contributed by atoms with E-state index in [1.165, 1.54) is 16.8 Å². The third kappa shape index (κ3) is 3.31. The molecule has 0 saturated heterocycles. The highest BCUT2D eigenvalue weighted by Gasteiger charge is 2.27. The summed E-state index contributed by atoms with van der Waals surface area (Å²) in [4.78, 5) is 11.2. The van der Waals surface area contributed by atoms with Gasteiger partial charge in [0.2, 0.25) is 15.5 Å². The number of aromatic nitrogens is 1. The number of hydrogen-bond acceptors (Lipinski definition) is 3. The lowest BCUT2D eigenvalue weighted by Gasteiger charge is -2.20. The number of hydrogen-bond donors (Lipinski definition) is 1. The average Bonchev–Trinajstić information content (AvgIpc) is 2.07. The van der Waals surface area contributed by atoms with Crippen molar-refractivity contribution >= 4 is 21.6 Å². The number of pyridine rings is 1. The molecule has 0 fully saturated rings.